The molecule has 9 heteroatoms. The van der Waals surface area contributed by atoms with Gasteiger partial charge in [0.15, 0.2) is 6.08 Å². The first-order chi connectivity index (χ1) is 10.4. The number of halogens is 1. The normalized spacial score (nSPS) is 11.6. The third-order valence-electron chi connectivity index (χ3n) is 2.59. The molecule has 0 aliphatic rings. The molecule has 0 fully saturated rings. The van der Waals surface area contributed by atoms with E-state index in [2.05, 4.69) is 14.9 Å². The van der Waals surface area contributed by atoms with Gasteiger partial charge in [-0.25, -0.2) is 0 Å². The fraction of sp³-hybridized carbons (Fsp3) is 0.286. The molecular formula is C14H14ClLiN2O5. The van der Waals surface area contributed by atoms with E-state index in [1.807, 2.05) is 0 Å². The number of carboxylic acids is 1. The van der Waals surface area contributed by atoms with Crippen molar-refractivity contribution in [2.75, 3.05) is 7.11 Å². The minimum atomic E-state index is -1.06. The molecule has 1 aromatic rings. The largest absolute Gasteiger partial charge is 1.00 e. The predicted octanol–water partition coefficient (Wildman–Crippen LogP) is -1.77. The molecule has 0 amide bonds. The molecule has 0 saturated carbocycles. The molecule has 1 rings (SSSR count). The number of Topliss-reactive ketones (excluding diaryl/α,β-unsaturated/α-hetero) is 1. The van der Waals surface area contributed by atoms with E-state index in [1.54, 1.807) is 24.3 Å². The molecule has 1 aromatic carbocycles. The first kappa shape index (κ1) is 21.2. The second-order valence-corrected chi connectivity index (χ2v) is 4.67. The standard InChI is InChI=1S/C14H15ClN2O5.Li/c1-22-14(21)17-16-12(8-11(18)6-7-13(19)20)9-2-4-10(15)5-3-9;/h2-5H,6-8H2,1H3,(H,17,21)(H,19,20);/q;+1/p-1/b16-12+;. The monoisotopic (exact) mass is 332 g/mol. The Morgan fingerprint density at radius 1 is 1.22 bits per heavy atom. The summed E-state index contributed by atoms with van der Waals surface area (Å²) in [7, 11) is 1.15. The van der Waals surface area contributed by atoms with Crippen LogP contribution in [0.3, 0.4) is 0 Å². The van der Waals surface area contributed by atoms with Gasteiger partial charge >= 0.3 is 24.8 Å². The molecule has 1 N–H and O–H groups in total. The number of ether oxygens (including phenoxy) is 1. The zero-order valence-electron chi connectivity index (χ0n) is 12.8. The molecule has 0 saturated heterocycles. The molecule has 0 spiro atoms. The molecule has 118 valence electrons. The maximum atomic E-state index is 11.8. The summed E-state index contributed by atoms with van der Waals surface area (Å²) in [6.07, 6.45) is -1.43. The number of ketones is 1. The Balaban J connectivity index is 0.00000484. The van der Waals surface area contributed by atoms with Crippen molar-refractivity contribution in [3.63, 3.8) is 0 Å². The summed E-state index contributed by atoms with van der Waals surface area (Å²) < 4.78 is 4.34. The van der Waals surface area contributed by atoms with E-state index in [0.717, 1.165) is 7.11 Å². The summed E-state index contributed by atoms with van der Waals surface area (Å²) in [5.41, 5.74) is 0.790. The summed E-state index contributed by atoms with van der Waals surface area (Å²) >= 11 is 5.79. The minimum Gasteiger partial charge on any atom is -0.602 e. The Kier molecular flexibility index (Phi) is 9.98. The Hall–Kier alpha value is -1.81. The SMILES string of the molecule is CO/C([O-])=N/N=C(\CC(=O)CCC(=O)O)c1ccc(Cl)cc1.[Li+]. The number of carbonyl (C=O) groups excluding carboxylic acids is 1. The zero-order chi connectivity index (χ0) is 16.5. The second kappa shape index (κ2) is 10.8. The van der Waals surface area contributed by atoms with Gasteiger partial charge in [0.25, 0.3) is 0 Å². The maximum Gasteiger partial charge on any atom is 1.00 e. The van der Waals surface area contributed by atoms with E-state index < -0.39 is 12.1 Å². The van der Waals surface area contributed by atoms with Gasteiger partial charge in [-0.2, -0.15) is 5.10 Å². The van der Waals surface area contributed by atoms with Gasteiger partial charge in [0.05, 0.1) is 18.6 Å². The van der Waals surface area contributed by atoms with Crippen molar-refractivity contribution >= 4 is 35.1 Å². The first-order valence-corrected chi connectivity index (χ1v) is 6.65. The molecule has 0 unspecified atom stereocenters. The third kappa shape index (κ3) is 8.40. The Morgan fingerprint density at radius 2 is 1.83 bits per heavy atom. The van der Waals surface area contributed by atoms with Crippen molar-refractivity contribution in [1.82, 2.24) is 0 Å². The van der Waals surface area contributed by atoms with Crippen molar-refractivity contribution in [2.24, 2.45) is 10.2 Å². The number of nitrogens with zero attached hydrogens (tertiary/aromatic N) is 2. The summed E-state index contributed by atoms with van der Waals surface area (Å²) in [5.74, 6) is -1.38. The smallest absolute Gasteiger partial charge is 0.602 e. The summed E-state index contributed by atoms with van der Waals surface area (Å²) in [6.45, 7) is 0. The van der Waals surface area contributed by atoms with Gasteiger partial charge in [0.2, 0.25) is 0 Å². The molecule has 0 atom stereocenters. The molecule has 0 aliphatic heterocycles. The predicted molar refractivity (Wildman–Crippen MR) is 78.9 cm³/mol. The molecule has 0 radical (unpaired) electrons. The van der Waals surface area contributed by atoms with Crippen LogP contribution in [0, 0.1) is 0 Å². The molecule has 0 aromatic heterocycles. The van der Waals surface area contributed by atoms with Crippen molar-refractivity contribution < 1.29 is 43.4 Å². The van der Waals surface area contributed by atoms with Gasteiger partial charge in [-0.1, -0.05) is 23.7 Å². The van der Waals surface area contributed by atoms with E-state index >= 15 is 0 Å². The van der Waals surface area contributed by atoms with Crippen LogP contribution < -0.4 is 24.0 Å². The molecule has 0 aliphatic carbocycles. The number of carbonyl (C=O) groups is 2. The van der Waals surface area contributed by atoms with Gasteiger partial charge in [-0.05, 0) is 24.8 Å². The quantitative estimate of drug-likeness (QED) is 0.275. The van der Waals surface area contributed by atoms with Crippen LogP contribution in [0.5, 0.6) is 0 Å². The second-order valence-electron chi connectivity index (χ2n) is 4.23. The molecule has 0 heterocycles. The average molecular weight is 333 g/mol. The van der Waals surface area contributed by atoms with Crippen LogP contribution in [-0.2, 0) is 14.3 Å². The first-order valence-electron chi connectivity index (χ1n) is 6.27. The van der Waals surface area contributed by atoms with Crippen molar-refractivity contribution in [3.05, 3.63) is 34.9 Å². The number of hydrogen-bond acceptors (Lipinski definition) is 6. The summed E-state index contributed by atoms with van der Waals surface area (Å²) in [5, 5.41) is 27.1. The number of carboxylic acid groups (broad SMARTS) is 1. The Labute approximate surface area is 150 Å². The van der Waals surface area contributed by atoms with Crippen LogP contribution in [0.1, 0.15) is 24.8 Å². The Bertz CT molecular complexity index is 602. The molecule has 23 heavy (non-hydrogen) atoms. The fourth-order valence-electron chi connectivity index (χ4n) is 1.50. The number of rotatable bonds is 7. The van der Waals surface area contributed by atoms with Crippen molar-refractivity contribution in [2.45, 2.75) is 19.3 Å². The summed E-state index contributed by atoms with van der Waals surface area (Å²) in [6, 6.07) is 6.45. The van der Waals surface area contributed by atoms with E-state index in [4.69, 9.17) is 16.7 Å². The third-order valence-corrected chi connectivity index (χ3v) is 2.84. The summed E-state index contributed by atoms with van der Waals surface area (Å²) in [4.78, 5) is 22.3. The van der Waals surface area contributed by atoms with Crippen LogP contribution in [0.2, 0.25) is 5.02 Å². The number of aliphatic carboxylic acids is 1. The van der Waals surface area contributed by atoms with Crippen molar-refractivity contribution in [1.29, 1.82) is 0 Å². The number of methoxy groups -OCH3 is 1. The van der Waals surface area contributed by atoms with Gasteiger partial charge in [-0.15, -0.1) is 5.10 Å². The maximum absolute atomic E-state index is 11.8. The number of benzene rings is 1. The topological polar surface area (TPSA) is 111 Å². The van der Waals surface area contributed by atoms with Crippen LogP contribution in [-0.4, -0.2) is 35.8 Å². The van der Waals surface area contributed by atoms with Gasteiger partial charge < -0.3 is 14.9 Å². The minimum absolute atomic E-state index is 0. The average Bonchev–Trinajstić information content (AvgIpc) is 2.49. The van der Waals surface area contributed by atoms with Gasteiger partial charge in [0, 0.05) is 11.4 Å². The van der Waals surface area contributed by atoms with Crippen LogP contribution in [0.25, 0.3) is 0 Å². The molecule has 0 bridgehead atoms. The van der Waals surface area contributed by atoms with Gasteiger partial charge in [-0.3, -0.25) is 9.59 Å². The number of hydrogen-bond donors (Lipinski definition) is 1. The molecular weight excluding hydrogens is 319 g/mol. The van der Waals surface area contributed by atoms with Gasteiger partial charge in [0.1, 0.15) is 5.78 Å². The zero-order valence-corrected chi connectivity index (χ0v) is 13.5. The van der Waals surface area contributed by atoms with E-state index in [-0.39, 0.29) is 49.6 Å². The molecule has 7 nitrogen and oxygen atoms in total. The van der Waals surface area contributed by atoms with Crippen LogP contribution in [0.15, 0.2) is 34.5 Å². The van der Waals surface area contributed by atoms with Crippen molar-refractivity contribution in [3.8, 4) is 0 Å². The fourth-order valence-corrected chi connectivity index (χ4v) is 1.63. The van der Waals surface area contributed by atoms with E-state index in [9.17, 15) is 14.7 Å². The van der Waals surface area contributed by atoms with Crippen LogP contribution in [0.4, 0.5) is 0 Å². The van der Waals surface area contributed by atoms with E-state index in [0.29, 0.717) is 10.6 Å². The van der Waals surface area contributed by atoms with E-state index in [1.165, 1.54) is 0 Å². The van der Waals surface area contributed by atoms with Crippen LogP contribution >= 0.6 is 11.6 Å². The Morgan fingerprint density at radius 3 is 2.35 bits per heavy atom.